The van der Waals surface area contributed by atoms with Crippen LogP contribution in [0.3, 0.4) is 0 Å². The first kappa shape index (κ1) is 13.4. The SMILES string of the molecule is CNCC(C)(C)c1c(C)n(C)c2cc(Cl)ccc12. The van der Waals surface area contributed by atoms with Crippen molar-refractivity contribution in [3.63, 3.8) is 0 Å². The number of aryl methyl sites for hydroxylation is 1. The van der Waals surface area contributed by atoms with Crippen molar-refractivity contribution in [1.82, 2.24) is 9.88 Å². The minimum absolute atomic E-state index is 0.103. The van der Waals surface area contributed by atoms with Gasteiger partial charge in [-0.1, -0.05) is 31.5 Å². The zero-order valence-corrected chi connectivity index (χ0v) is 12.5. The highest BCUT2D eigenvalue weighted by molar-refractivity contribution is 6.31. The third-order valence-corrected chi connectivity index (χ3v) is 3.99. The molecule has 18 heavy (non-hydrogen) atoms. The first-order valence-electron chi connectivity index (χ1n) is 6.28. The first-order valence-corrected chi connectivity index (χ1v) is 6.66. The van der Waals surface area contributed by atoms with E-state index in [1.807, 2.05) is 19.2 Å². The summed E-state index contributed by atoms with van der Waals surface area (Å²) in [7, 11) is 4.10. The topological polar surface area (TPSA) is 17.0 Å². The van der Waals surface area contributed by atoms with Gasteiger partial charge >= 0.3 is 0 Å². The summed E-state index contributed by atoms with van der Waals surface area (Å²) >= 11 is 6.10. The number of benzene rings is 1. The van der Waals surface area contributed by atoms with Gasteiger partial charge in [0.25, 0.3) is 0 Å². The van der Waals surface area contributed by atoms with Gasteiger partial charge in [-0.3, -0.25) is 0 Å². The van der Waals surface area contributed by atoms with E-state index in [0.29, 0.717) is 0 Å². The van der Waals surface area contributed by atoms with Gasteiger partial charge in [0.05, 0.1) is 0 Å². The zero-order valence-electron chi connectivity index (χ0n) is 11.8. The quantitative estimate of drug-likeness (QED) is 0.896. The Bertz CT molecular complexity index is 582. The minimum Gasteiger partial charge on any atom is -0.348 e. The van der Waals surface area contributed by atoms with Gasteiger partial charge in [-0.15, -0.1) is 0 Å². The Kier molecular flexibility index (Phi) is 3.43. The molecule has 3 heteroatoms. The van der Waals surface area contributed by atoms with Gasteiger partial charge in [-0.25, -0.2) is 0 Å². The van der Waals surface area contributed by atoms with E-state index in [9.17, 15) is 0 Å². The highest BCUT2D eigenvalue weighted by Gasteiger charge is 2.26. The monoisotopic (exact) mass is 264 g/mol. The van der Waals surface area contributed by atoms with Gasteiger partial charge in [0.15, 0.2) is 0 Å². The number of hydrogen-bond acceptors (Lipinski definition) is 1. The number of nitrogens with zero attached hydrogens (tertiary/aromatic N) is 1. The highest BCUT2D eigenvalue weighted by atomic mass is 35.5. The molecule has 1 heterocycles. The zero-order chi connectivity index (χ0) is 13.5. The molecule has 0 saturated carbocycles. The van der Waals surface area contributed by atoms with Crippen LogP contribution < -0.4 is 5.32 Å². The predicted octanol–water partition coefficient (Wildman–Crippen LogP) is 3.64. The van der Waals surface area contributed by atoms with Crippen LogP contribution in [0.1, 0.15) is 25.1 Å². The van der Waals surface area contributed by atoms with Crippen LogP contribution in [0.5, 0.6) is 0 Å². The lowest BCUT2D eigenvalue weighted by molar-refractivity contribution is 0.493. The lowest BCUT2D eigenvalue weighted by Crippen LogP contribution is -2.31. The molecule has 0 atom stereocenters. The Hall–Kier alpha value is -0.990. The number of likely N-dealkylation sites (N-methyl/N-ethyl adjacent to an activating group) is 1. The van der Waals surface area contributed by atoms with Crippen molar-refractivity contribution in [3.8, 4) is 0 Å². The van der Waals surface area contributed by atoms with Crippen LogP contribution in [0.4, 0.5) is 0 Å². The molecule has 1 aromatic heterocycles. The average molecular weight is 265 g/mol. The van der Waals surface area contributed by atoms with Gasteiger partial charge in [0.2, 0.25) is 0 Å². The van der Waals surface area contributed by atoms with Crippen molar-refractivity contribution in [2.45, 2.75) is 26.2 Å². The van der Waals surface area contributed by atoms with Gasteiger partial charge in [-0.2, -0.15) is 0 Å². The summed E-state index contributed by atoms with van der Waals surface area (Å²) < 4.78 is 2.23. The molecule has 98 valence electrons. The molecule has 1 N–H and O–H groups in total. The third-order valence-electron chi connectivity index (χ3n) is 3.75. The van der Waals surface area contributed by atoms with Crippen LogP contribution in [0.15, 0.2) is 18.2 Å². The molecule has 0 fully saturated rings. The third kappa shape index (κ3) is 2.04. The molecule has 0 aliphatic rings. The van der Waals surface area contributed by atoms with Crippen LogP contribution >= 0.6 is 11.6 Å². The molecule has 0 aliphatic heterocycles. The average Bonchev–Trinajstić information content (AvgIpc) is 2.53. The molecule has 0 amide bonds. The fraction of sp³-hybridized carbons (Fsp3) is 0.467. The maximum Gasteiger partial charge on any atom is 0.0497 e. The Morgan fingerprint density at radius 2 is 2.00 bits per heavy atom. The Morgan fingerprint density at radius 1 is 1.33 bits per heavy atom. The lowest BCUT2D eigenvalue weighted by atomic mass is 9.82. The first-order chi connectivity index (χ1) is 8.38. The van der Waals surface area contributed by atoms with Crippen LogP contribution in [-0.4, -0.2) is 18.2 Å². The maximum atomic E-state index is 6.10. The van der Waals surface area contributed by atoms with E-state index in [1.54, 1.807) is 0 Å². The Labute approximate surface area is 114 Å². The number of aromatic nitrogens is 1. The van der Waals surface area contributed by atoms with Crippen molar-refractivity contribution in [3.05, 3.63) is 34.5 Å². The summed E-state index contributed by atoms with van der Waals surface area (Å²) in [5.41, 5.74) is 4.03. The van der Waals surface area contributed by atoms with E-state index in [1.165, 1.54) is 22.2 Å². The summed E-state index contributed by atoms with van der Waals surface area (Å²) in [6, 6.07) is 6.16. The van der Waals surface area contributed by atoms with Gasteiger partial charge in [-0.05, 0) is 31.7 Å². The smallest absolute Gasteiger partial charge is 0.0497 e. The van der Waals surface area contributed by atoms with Crippen molar-refractivity contribution < 1.29 is 0 Å². The molecule has 0 spiro atoms. The highest BCUT2D eigenvalue weighted by Crippen LogP contribution is 2.35. The van der Waals surface area contributed by atoms with Crippen LogP contribution in [0.2, 0.25) is 5.02 Å². The molecule has 2 aromatic rings. The molecule has 1 aromatic carbocycles. The van der Waals surface area contributed by atoms with Gasteiger partial charge in [0, 0.05) is 40.6 Å². The van der Waals surface area contributed by atoms with Gasteiger partial charge in [0.1, 0.15) is 0 Å². The van der Waals surface area contributed by atoms with Crippen LogP contribution in [-0.2, 0) is 12.5 Å². The second kappa shape index (κ2) is 4.60. The summed E-state index contributed by atoms with van der Waals surface area (Å²) in [6.07, 6.45) is 0. The number of nitrogens with one attached hydrogen (secondary N) is 1. The molecule has 2 rings (SSSR count). The molecule has 0 aliphatic carbocycles. The number of halogens is 1. The summed E-state index contributed by atoms with van der Waals surface area (Å²) in [5, 5.41) is 5.38. The van der Waals surface area contributed by atoms with E-state index in [0.717, 1.165) is 11.6 Å². The molecule has 0 bridgehead atoms. The second-order valence-electron chi connectivity index (χ2n) is 5.60. The standard InChI is InChI=1S/C15H21ClN2/c1-10-14(15(2,3)9-17-4)12-7-6-11(16)8-13(12)18(10)5/h6-8,17H,9H2,1-5H3. The van der Waals surface area contributed by atoms with E-state index in [2.05, 4.69) is 43.8 Å². The fourth-order valence-electron chi connectivity index (χ4n) is 2.92. The van der Waals surface area contributed by atoms with Crippen molar-refractivity contribution >= 4 is 22.5 Å². The number of hydrogen-bond donors (Lipinski definition) is 1. The van der Waals surface area contributed by atoms with Crippen LogP contribution in [0, 0.1) is 6.92 Å². The lowest BCUT2D eigenvalue weighted by Gasteiger charge is -2.25. The molecular weight excluding hydrogens is 244 g/mol. The molecule has 0 radical (unpaired) electrons. The minimum atomic E-state index is 0.103. The number of rotatable bonds is 3. The van der Waals surface area contributed by atoms with E-state index < -0.39 is 0 Å². The number of fused-ring (bicyclic) bond motifs is 1. The van der Waals surface area contributed by atoms with E-state index in [-0.39, 0.29) is 5.41 Å². The second-order valence-corrected chi connectivity index (χ2v) is 6.03. The molecular formula is C15H21ClN2. The Balaban J connectivity index is 2.75. The fourth-order valence-corrected chi connectivity index (χ4v) is 3.09. The largest absolute Gasteiger partial charge is 0.348 e. The maximum absolute atomic E-state index is 6.10. The van der Waals surface area contributed by atoms with Crippen molar-refractivity contribution in [2.24, 2.45) is 7.05 Å². The molecule has 0 unspecified atom stereocenters. The van der Waals surface area contributed by atoms with Crippen molar-refractivity contribution in [1.29, 1.82) is 0 Å². The Morgan fingerprint density at radius 3 is 2.61 bits per heavy atom. The van der Waals surface area contributed by atoms with Crippen LogP contribution in [0.25, 0.3) is 10.9 Å². The summed E-state index contributed by atoms with van der Waals surface area (Å²) in [5.74, 6) is 0. The van der Waals surface area contributed by atoms with E-state index in [4.69, 9.17) is 11.6 Å². The van der Waals surface area contributed by atoms with Gasteiger partial charge < -0.3 is 9.88 Å². The predicted molar refractivity (Wildman–Crippen MR) is 79.6 cm³/mol. The normalized spacial score (nSPS) is 12.3. The summed E-state index contributed by atoms with van der Waals surface area (Å²) in [4.78, 5) is 0. The van der Waals surface area contributed by atoms with Crippen molar-refractivity contribution in [2.75, 3.05) is 13.6 Å². The summed E-state index contributed by atoms with van der Waals surface area (Å²) in [6.45, 7) is 7.69. The molecule has 2 nitrogen and oxygen atoms in total. The molecule has 0 saturated heterocycles. The van der Waals surface area contributed by atoms with E-state index >= 15 is 0 Å².